The molecule has 6 nitrogen and oxygen atoms in total. The molecule has 1 N–H and O–H groups in total. The second kappa shape index (κ2) is 9.53. The summed E-state index contributed by atoms with van der Waals surface area (Å²) in [5.74, 6) is 1.54. The van der Waals surface area contributed by atoms with Gasteiger partial charge in [-0.1, -0.05) is 13.3 Å². The second-order valence-corrected chi connectivity index (χ2v) is 7.45. The van der Waals surface area contributed by atoms with Gasteiger partial charge in [-0.2, -0.15) is 0 Å². The highest BCUT2D eigenvalue weighted by molar-refractivity contribution is 5.93. The Kier molecular flexibility index (Phi) is 6.85. The van der Waals surface area contributed by atoms with E-state index in [1.54, 1.807) is 0 Å². The number of rotatable bonds is 7. The van der Waals surface area contributed by atoms with Gasteiger partial charge in [0.1, 0.15) is 5.75 Å². The number of amides is 1. The first kappa shape index (κ1) is 20.1. The van der Waals surface area contributed by atoms with Crippen molar-refractivity contribution < 1.29 is 9.53 Å². The summed E-state index contributed by atoms with van der Waals surface area (Å²) in [6.45, 7) is 8.34. The topological polar surface area (TPSA) is 67.3 Å². The molecule has 0 saturated carbocycles. The summed E-state index contributed by atoms with van der Waals surface area (Å²) >= 11 is 0. The molecule has 1 aromatic carbocycles. The molecule has 1 amide bonds. The lowest BCUT2D eigenvalue weighted by Crippen LogP contribution is -2.41. The van der Waals surface area contributed by atoms with Crippen LogP contribution in [0.5, 0.6) is 5.75 Å². The summed E-state index contributed by atoms with van der Waals surface area (Å²) in [6, 6.07) is 9.57. The molecule has 6 heteroatoms. The van der Waals surface area contributed by atoms with E-state index < -0.39 is 0 Å². The first-order valence-corrected chi connectivity index (χ1v) is 10.2. The van der Waals surface area contributed by atoms with Crippen molar-refractivity contribution in [2.75, 3.05) is 29.9 Å². The van der Waals surface area contributed by atoms with Gasteiger partial charge in [-0.05, 0) is 63.4 Å². The predicted octanol–water partition coefficient (Wildman–Crippen LogP) is 4.13. The summed E-state index contributed by atoms with van der Waals surface area (Å²) in [4.78, 5) is 24.0. The Balaban J connectivity index is 1.58. The van der Waals surface area contributed by atoms with Crippen LogP contribution < -0.4 is 15.0 Å². The van der Waals surface area contributed by atoms with Crippen LogP contribution in [0.25, 0.3) is 0 Å². The van der Waals surface area contributed by atoms with Gasteiger partial charge in [0.15, 0.2) is 0 Å². The van der Waals surface area contributed by atoms with Gasteiger partial charge in [-0.3, -0.25) is 4.79 Å². The number of ether oxygens (including phenoxy) is 1. The number of anilines is 2. The van der Waals surface area contributed by atoms with Crippen LogP contribution in [0.1, 0.15) is 44.0 Å². The zero-order chi connectivity index (χ0) is 19.9. The van der Waals surface area contributed by atoms with E-state index in [-0.39, 0.29) is 11.8 Å². The third-order valence-electron chi connectivity index (χ3n) is 4.93. The molecule has 1 fully saturated rings. The van der Waals surface area contributed by atoms with Gasteiger partial charge in [0.2, 0.25) is 11.9 Å². The maximum Gasteiger partial charge on any atom is 0.229 e. The number of carbonyl (C=O) groups is 1. The van der Waals surface area contributed by atoms with Gasteiger partial charge in [-0.15, -0.1) is 0 Å². The van der Waals surface area contributed by atoms with Crippen molar-refractivity contribution >= 4 is 17.5 Å². The molecule has 1 saturated heterocycles. The summed E-state index contributed by atoms with van der Waals surface area (Å²) in [5.41, 5.74) is 2.71. The molecule has 0 bridgehead atoms. The van der Waals surface area contributed by atoms with Gasteiger partial charge >= 0.3 is 0 Å². The van der Waals surface area contributed by atoms with Crippen LogP contribution in [0.3, 0.4) is 0 Å². The zero-order valence-corrected chi connectivity index (χ0v) is 17.1. The normalized spacial score (nSPS) is 16.7. The van der Waals surface area contributed by atoms with Crippen LogP contribution >= 0.6 is 0 Å². The molecule has 2 heterocycles. The number of benzene rings is 1. The van der Waals surface area contributed by atoms with Crippen LogP contribution in [0.15, 0.2) is 30.3 Å². The first-order valence-electron chi connectivity index (χ1n) is 10.2. The Bertz CT molecular complexity index is 771. The summed E-state index contributed by atoms with van der Waals surface area (Å²) in [6.07, 6.45) is 3.99. The summed E-state index contributed by atoms with van der Waals surface area (Å²) < 4.78 is 5.67. The molecule has 0 spiro atoms. The minimum Gasteiger partial charge on any atom is -0.494 e. The number of piperidine rings is 1. The van der Waals surface area contributed by atoms with Crippen molar-refractivity contribution in [2.24, 2.45) is 5.92 Å². The molecule has 0 aliphatic carbocycles. The lowest BCUT2D eigenvalue weighted by molar-refractivity contribution is -0.120. The number of aryl methyl sites for hydroxylation is 2. The predicted molar refractivity (Wildman–Crippen MR) is 112 cm³/mol. The Labute approximate surface area is 167 Å². The molecular formula is C22H30N4O2. The SMILES string of the molecule is CCCCOc1ccc(NC(=O)C2CCCN(c3nc(C)cc(C)n3)C2)cc1. The minimum absolute atomic E-state index is 0.0497. The van der Waals surface area contributed by atoms with Gasteiger partial charge in [0.05, 0.1) is 12.5 Å². The summed E-state index contributed by atoms with van der Waals surface area (Å²) in [7, 11) is 0. The second-order valence-electron chi connectivity index (χ2n) is 7.45. The van der Waals surface area contributed by atoms with E-state index in [0.29, 0.717) is 6.54 Å². The molecule has 28 heavy (non-hydrogen) atoms. The van der Waals surface area contributed by atoms with Crippen molar-refractivity contribution in [1.29, 1.82) is 0 Å². The molecular weight excluding hydrogens is 352 g/mol. The average molecular weight is 383 g/mol. The van der Waals surface area contributed by atoms with E-state index in [9.17, 15) is 4.79 Å². The van der Waals surface area contributed by atoms with E-state index in [1.807, 2.05) is 44.2 Å². The van der Waals surface area contributed by atoms with E-state index in [2.05, 4.69) is 27.1 Å². The molecule has 1 aliphatic rings. The maximum absolute atomic E-state index is 12.8. The molecule has 3 rings (SSSR count). The van der Waals surface area contributed by atoms with Crippen molar-refractivity contribution in [1.82, 2.24) is 9.97 Å². The van der Waals surface area contributed by atoms with Crippen molar-refractivity contribution in [3.63, 3.8) is 0 Å². The van der Waals surface area contributed by atoms with Crippen molar-refractivity contribution in [2.45, 2.75) is 46.5 Å². The average Bonchev–Trinajstić information content (AvgIpc) is 2.69. The quantitative estimate of drug-likeness (QED) is 0.730. The number of nitrogens with one attached hydrogen (secondary N) is 1. The standard InChI is InChI=1S/C22H30N4O2/c1-4-5-13-28-20-10-8-19(9-11-20)25-21(27)18-7-6-12-26(15-18)22-23-16(2)14-17(3)24-22/h8-11,14,18H,4-7,12-13,15H2,1-3H3,(H,25,27). The lowest BCUT2D eigenvalue weighted by atomic mass is 9.97. The lowest BCUT2D eigenvalue weighted by Gasteiger charge is -2.32. The smallest absolute Gasteiger partial charge is 0.229 e. The molecule has 150 valence electrons. The Hall–Kier alpha value is -2.63. The maximum atomic E-state index is 12.8. The number of hydrogen-bond acceptors (Lipinski definition) is 5. The monoisotopic (exact) mass is 382 g/mol. The van der Waals surface area contributed by atoms with Crippen LogP contribution in [0, 0.1) is 19.8 Å². The highest BCUT2D eigenvalue weighted by Crippen LogP contribution is 2.23. The number of hydrogen-bond donors (Lipinski definition) is 1. The fraction of sp³-hybridized carbons (Fsp3) is 0.500. The molecule has 1 atom stereocenters. The molecule has 1 aliphatic heterocycles. The van der Waals surface area contributed by atoms with Gasteiger partial charge in [0, 0.05) is 30.2 Å². The number of carbonyl (C=O) groups excluding carboxylic acids is 1. The largest absolute Gasteiger partial charge is 0.494 e. The van der Waals surface area contributed by atoms with Crippen molar-refractivity contribution in [3.8, 4) is 5.75 Å². The van der Waals surface area contributed by atoms with E-state index in [4.69, 9.17) is 4.74 Å². The number of unbranched alkanes of at least 4 members (excludes halogenated alkanes) is 1. The molecule has 1 aromatic heterocycles. The molecule has 0 radical (unpaired) electrons. The number of nitrogens with zero attached hydrogens (tertiary/aromatic N) is 3. The minimum atomic E-state index is -0.0707. The summed E-state index contributed by atoms with van der Waals surface area (Å²) in [5, 5.41) is 3.04. The number of aromatic nitrogens is 2. The third kappa shape index (κ3) is 5.44. The zero-order valence-electron chi connectivity index (χ0n) is 17.1. The van der Waals surface area contributed by atoms with Crippen LogP contribution in [-0.2, 0) is 4.79 Å². The van der Waals surface area contributed by atoms with Crippen LogP contribution in [0.2, 0.25) is 0 Å². The fourth-order valence-corrected chi connectivity index (χ4v) is 3.43. The third-order valence-corrected chi connectivity index (χ3v) is 4.93. The van der Waals surface area contributed by atoms with E-state index in [1.165, 1.54) is 0 Å². The molecule has 1 unspecified atom stereocenters. The fourth-order valence-electron chi connectivity index (χ4n) is 3.43. The van der Waals surface area contributed by atoms with Crippen molar-refractivity contribution in [3.05, 3.63) is 41.7 Å². The van der Waals surface area contributed by atoms with E-state index >= 15 is 0 Å². The van der Waals surface area contributed by atoms with Gasteiger partial charge < -0.3 is 15.0 Å². The first-order chi connectivity index (χ1) is 13.5. The highest BCUT2D eigenvalue weighted by atomic mass is 16.5. The van der Waals surface area contributed by atoms with E-state index in [0.717, 1.165) is 67.6 Å². The molecule has 2 aromatic rings. The Morgan fingerprint density at radius 2 is 1.93 bits per heavy atom. The van der Waals surface area contributed by atoms with Gasteiger partial charge in [-0.25, -0.2) is 9.97 Å². The Morgan fingerprint density at radius 3 is 2.61 bits per heavy atom. The Morgan fingerprint density at radius 1 is 1.21 bits per heavy atom. The van der Waals surface area contributed by atoms with Crippen LogP contribution in [0.4, 0.5) is 11.6 Å². The highest BCUT2D eigenvalue weighted by Gasteiger charge is 2.27. The van der Waals surface area contributed by atoms with Gasteiger partial charge in [0.25, 0.3) is 0 Å². The van der Waals surface area contributed by atoms with Crippen LogP contribution in [-0.4, -0.2) is 35.6 Å².